The summed E-state index contributed by atoms with van der Waals surface area (Å²) in [6.45, 7) is 3.64. The molecule has 0 fully saturated rings. The molecule has 0 unspecified atom stereocenters. The van der Waals surface area contributed by atoms with Gasteiger partial charge in [-0.15, -0.1) is 54.1 Å². The maximum absolute atomic E-state index is 8.65. The normalized spacial score (nSPS) is 13.4. The first-order valence-electron chi connectivity index (χ1n) is 16.5. The molecule has 0 bridgehead atoms. The zero-order chi connectivity index (χ0) is 34.1. The zero-order valence-electron chi connectivity index (χ0n) is 29.6. The number of hydrogen-bond donors (Lipinski definition) is 0. The topological polar surface area (TPSA) is 51.8 Å². The SMILES string of the molecule is [2H]C([2H])([2H])c1cnc(-c2[c-]ccc3c2oc2nc(C([2H])([2H])c4ccccc4)ccc23)cc1C(C)(C)C.[Ir].[c-]1ccccc1-c1ccccn1. The van der Waals surface area contributed by atoms with Crippen molar-refractivity contribution in [2.24, 2.45) is 0 Å². The fourth-order valence-electron chi connectivity index (χ4n) is 4.84. The van der Waals surface area contributed by atoms with Crippen molar-refractivity contribution in [1.29, 1.82) is 0 Å². The molecular formula is C39H33IrN3O-2. The Morgan fingerprint density at radius 1 is 0.818 bits per heavy atom. The summed E-state index contributed by atoms with van der Waals surface area (Å²) < 4.78 is 47.3. The van der Waals surface area contributed by atoms with Crippen LogP contribution in [0.3, 0.4) is 0 Å². The number of aryl methyl sites for hydroxylation is 1. The molecular weight excluding hydrogens is 719 g/mol. The average molecular weight is 757 g/mol. The summed E-state index contributed by atoms with van der Waals surface area (Å²) in [4.78, 5) is 13.2. The molecule has 0 aliphatic heterocycles. The molecule has 0 aliphatic carbocycles. The second kappa shape index (κ2) is 13.5. The van der Waals surface area contributed by atoms with Crippen LogP contribution in [0.25, 0.3) is 44.6 Å². The van der Waals surface area contributed by atoms with Crippen LogP contribution in [0.1, 0.15) is 50.0 Å². The molecule has 0 amide bonds. The molecule has 4 heterocycles. The van der Waals surface area contributed by atoms with Crippen molar-refractivity contribution >= 4 is 22.1 Å². The van der Waals surface area contributed by atoms with Gasteiger partial charge in [0.15, 0.2) is 0 Å². The minimum absolute atomic E-state index is 0. The molecule has 4 aromatic heterocycles. The molecule has 1 radical (unpaired) electrons. The first-order valence-corrected chi connectivity index (χ1v) is 14.0. The quantitative estimate of drug-likeness (QED) is 0.168. The largest absolute Gasteiger partial charge is 0.486 e. The molecule has 7 rings (SSSR count). The van der Waals surface area contributed by atoms with Crippen LogP contribution < -0.4 is 0 Å². The molecule has 0 aliphatic rings. The van der Waals surface area contributed by atoms with Crippen LogP contribution in [0.5, 0.6) is 0 Å². The smallest absolute Gasteiger partial charge is 0.216 e. The summed E-state index contributed by atoms with van der Waals surface area (Å²) in [6, 6.07) is 37.9. The standard InChI is InChI=1S/C28H25N2O.C11H8N.Ir/c1-18-17-29-25(16-24(18)28(2,3)4)23-12-8-11-21-22-14-13-20(30-27(22)31-26(21)23)15-19-9-6-5-7-10-19;1-2-6-10(7-3-1)11-8-4-5-9-12-11;/h5-11,13-14,16-17H,15H2,1-4H3;1-6,8-9H;/q2*-1;/i1D3,15D2;;. The summed E-state index contributed by atoms with van der Waals surface area (Å²) in [5.41, 5.74) is 5.26. The summed E-state index contributed by atoms with van der Waals surface area (Å²) in [5, 5.41) is 1.56. The number of rotatable bonds is 4. The van der Waals surface area contributed by atoms with Gasteiger partial charge in [-0.2, -0.15) is 0 Å². The van der Waals surface area contributed by atoms with Gasteiger partial charge in [-0.3, -0.25) is 0 Å². The Bertz CT molecular complexity index is 2140. The summed E-state index contributed by atoms with van der Waals surface area (Å²) in [6.07, 6.45) is 1.41. The third-order valence-corrected chi connectivity index (χ3v) is 6.96. The van der Waals surface area contributed by atoms with Gasteiger partial charge in [-0.25, -0.2) is 4.98 Å². The molecule has 0 spiro atoms. The van der Waals surface area contributed by atoms with Crippen LogP contribution in [0.2, 0.25) is 0 Å². The second-order valence-electron chi connectivity index (χ2n) is 11.1. The summed E-state index contributed by atoms with van der Waals surface area (Å²) in [5.74, 6) is 0. The van der Waals surface area contributed by atoms with Gasteiger partial charge in [0, 0.05) is 56.8 Å². The minimum Gasteiger partial charge on any atom is -0.486 e. The van der Waals surface area contributed by atoms with Gasteiger partial charge in [-0.05, 0) is 58.5 Å². The van der Waals surface area contributed by atoms with Gasteiger partial charge in [0.25, 0.3) is 0 Å². The number of nitrogens with zero attached hydrogens (tertiary/aromatic N) is 3. The molecule has 7 aromatic rings. The fraction of sp³-hybridized carbons (Fsp3) is 0.154. The van der Waals surface area contributed by atoms with Crippen molar-refractivity contribution in [3.8, 4) is 22.5 Å². The molecule has 221 valence electrons. The number of hydrogen-bond acceptors (Lipinski definition) is 4. The van der Waals surface area contributed by atoms with E-state index < -0.39 is 18.6 Å². The van der Waals surface area contributed by atoms with Crippen molar-refractivity contribution in [2.45, 2.75) is 39.4 Å². The van der Waals surface area contributed by atoms with Gasteiger partial charge in [0.05, 0.1) is 5.58 Å². The van der Waals surface area contributed by atoms with E-state index in [9.17, 15) is 0 Å². The van der Waals surface area contributed by atoms with Crippen LogP contribution in [0.15, 0.2) is 120 Å². The van der Waals surface area contributed by atoms with Gasteiger partial charge in [-0.1, -0.05) is 80.3 Å². The minimum atomic E-state index is -2.28. The number of aromatic nitrogens is 3. The molecule has 5 heteroatoms. The monoisotopic (exact) mass is 757 g/mol. The van der Waals surface area contributed by atoms with E-state index in [2.05, 4.69) is 27.1 Å². The Hall–Kier alpha value is -4.44. The Morgan fingerprint density at radius 3 is 2.36 bits per heavy atom. The maximum Gasteiger partial charge on any atom is 0.216 e. The van der Waals surface area contributed by atoms with E-state index in [1.807, 2.05) is 81.4 Å². The first kappa shape index (κ1) is 24.9. The molecule has 4 nitrogen and oxygen atoms in total. The van der Waals surface area contributed by atoms with Gasteiger partial charge in [0.2, 0.25) is 5.71 Å². The summed E-state index contributed by atoms with van der Waals surface area (Å²) in [7, 11) is 0. The van der Waals surface area contributed by atoms with E-state index in [-0.39, 0.29) is 31.4 Å². The predicted molar refractivity (Wildman–Crippen MR) is 175 cm³/mol. The Kier molecular flexibility index (Phi) is 7.63. The molecule has 0 saturated carbocycles. The Balaban J connectivity index is 0.000000303. The van der Waals surface area contributed by atoms with E-state index in [4.69, 9.17) is 11.3 Å². The second-order valence-corrected chi connectivity index (χ2v) is 11.1. The van der Waals surface area contributed by atoms with Crippen molar-refractivity contribution in [3.05, 3.63) is 150 Å². The van der Waals surface area contributed by atoms with Gasteiger partial charge >= 0.3 is 0 Å². The van der Waals surface area contributed by atoms with Crippen molar-refractivity contribution in [2.75, 3.05) is 0 Å². The average Bonchev–Trinajstić information content (AvgIpc) is 3.47. The van der Waals surface area contributed by atoms with Gasteiger partial charge in [0.1, 0.15) is 0 Å². The van der Waals surface area contributed by atoms with Crippen LogP contribution in [-0.4, -0.2) is 15.0 Å². The molecule has 0 atom stereocenters. The van der Waals surface area contributed by atoms with Gasteiger partial charge < -0.3 is 14.4 Å². The molecule has 3 aromatic carbocycles. The first-order chi connectivity index (χ1) is 22.8. The third-order valence-electron chi connectivity index (χ3n) is 6.96. The van der Waals surface area contributed by atoms with Crippen LogP contribution in [-0.2, 0) is 31.9 Å². The Morgan fingerprint density at radius 2 is 1.64 bits per heavy atom. The van der Waals surface area contributed by atoms with Crippen molar-refractivity contribution < 1.29 is 31.4 Å². The predicted octanol–water partition coefficient (Wildman–Crippen LogP) is 9.59. The van der Waals surface area contributed by atoms with Crippen LogP contribution in [0, 0.1) is 19.0 Å². The van der Waals surface area contributed by atoms with E-state index in [1.54, 1.807) is 48.7 Å². The zero-order valence-corrected chi connectivity index (χ0v) is 26.9. The third kappa shape index (κ3) is 6.86. The van der Waals surface area contributed by atoms with E-state index >= 15 is 0 Å². The number of pyridine rings is 3. The fourth-order valence-corrected chi connectivity index (χ4v) is 4.84. The van der Waals surface area contributed by atoms with E-state index in [1.165, 1.54) is 6.20 Å². The molecule has 0 saturated heterocycles. The summed E-state index contributed by atoms with van der Waals surface area (Å²) >= 11 is 0. The Labute approximate surface area is 279 Å². The van der Waals surface area contributed by atoms with Crippen molar-refractivity contribution in [1.82, 2.24) is 15.0 Å². The molecule has 44 heavy (non-hydrogen) atoms. The van der Waals surface area contributed by atoms with Crippen LogP contribution in [0.4, 0.5) is 0 Å². The number of benzene rings is 3. The van der Waals surface area contributed by atoms with E-state index in [0.29, 0.717) is 33.7 Å². The molecule has 0 N–H and O–H groups in total. The van der Waals surface area contributed by atoms with E-state index in [0.717, 1.165) is 22.0 Å². The number of furan rings is 1. The van der Waals surface area contributed by atoms with Crippen LogP contribution >= 0.6 is 0 Å². The van der Waals surface area contributed by atoms with Crippen molar-refractivity contribution in [3.63, 3.8) is 0 Å². The number of fused-ring (bicyclic) bond motifs is 3. The maximum atomic E-state index is 8.65.